The van der Waals surface area contributed by atoms with Gasteiger partial charge in [0.05, 0.1) is 0 Å². The number of nitrogens with one attached hydrogen (secondary N) is 1. The minimum absolute atomic E-state index is 0.432. The number of urea groups is 1. The van der Waals surface area contributed by atoms with Gasteiger partial charge in [0, 0.05) is 6.54 Å². The highest BCUT2D eigenvalue weighted by atomic mass is 16.2. The Kier molecular flexibility index (Phi) is 5.30. The molecule has 0 saturated heterocycles. The molecule has 0 aliphatic rings. The zero-order chi connectivity index (χ0) is 10.9. The summed E-state index contributed by atoms with van der Waals surface area (Å²) >= 11 is 0. The van der Waals surface area contributed by atoms with Crippen LogP contribution in [0.3, 0.4) is 0 Å². The fourth-order valence-corrected chi connectivity index (χ4v) is 1.49. The lowest BCUT2D eigenvalue weighted by molar-refractivity contribution is 0.248. The summed E-state index contributed by atoms with van der Waals surface area (Å²) in [5, 5.41) is 2.58. The normalized spacial score (nSPS) is 9.87. The van der Waals surface area contributed by atoms with Crippen molar-refractivity contribution in [2.45, 2.75) is 25.7 Å². The number of aryl methyl sites for hydroxylation is 1. The zero-order valence-corrected chi connectivity index (χ0v) is 8.91. The summed E-state index contributed by atoms with van der Waals surface area (Å²) in [7, 11) is 0. The van der Waals surface area contributed by atoms with Gasteiger partial charge in [0.25, 0.3) is 0 Å². The van der Waals surface area contributed by atoms with E-state index in [1.165, 1.54) is 5.56 Å². The molecule has 0 radical (unpaired) electrons. The van der Waals surface area contributed by atoms with Crippen molar-refractivity contribution in [1.29, 1.82) is 0 Å². The van der Waals surface area contributed by atoms with Crippen LogP contribution in [-0.2, 0) is 6.42 Å². The molecule has 1 rings (SSSR count). The maximum atomic E-state index is 10.4. The monoisotopic (exact) mass is 206 g/mol. The molecule has 0 heterocycles. The number of benzene rings is 1. The molecule has 0 aliphatic carbocycles. The van der Waals surface area contributed by atoms with Gasteiger partial charge in [-0.05, 0) is 24.8 Å². The summed E-state index contributed by atoms with van der Waals surface area (Å²) in [5.74, 6) is 0. The SMILES string of the molecule is NC(=O)NCCCCCc1ccccc1. The van der Waals surface area contributed by atoms with Crippen LogP contribution in [0, 0.1) is 0 Å². The second-order valence-corrected chi connectivity index (χ2v) is 3.59. The first-order valence-electron chi connectivity index (χ1n) is 5.36. The predicted molar refractivity (Wildman–Crippen MR) is 61.6 cm³/mol. The smallest absolute Gasteiger partial charge is 0.312 e. The summed E-state index contributed by atoms with van der Waals surface area (Å²) in [6.07, 6.45) is 4.38. The van der Waals surface area contributed by atoms with Crippen molar-refractivity contribution < 1.29 is 4.79 Å². The number of rotatable bonds is 6. The number of unbranched alkanes of at least 4 members (excludes halogenated alkanes) is 2. The summed E-state index contributed by atoms with van der Waals surface area (Å²) < 4.78 is 0. The van der Waals surface area contributed by atoms with Crippen LogP contribution in [0.2, 0.25) is 0 Å². The van der Waals surface area contributed by atoms with E-state index in [-0.39, 0.29) is 0 Å². The zero-order valence-electron chi connectivity index (χ0n) is 8.91. The Balaban J connectivity index is 2.00. The van der Waals surface area contributed by atoms with E-state index in [1.54, 1.807) is 0 Å². The van der Waals surface area contributed by atoms with Gasteiger partial charge in [-0.25, -0.2) is 4.79 Å². The summed E-state index contributed by atoms with van der Waals surface area (Å²) in [4.78, 5) is 10.4. The van der Waals surface area contributed by atoms with E-state index in [1.807, 2.05) is 6.07 Å². The Morgan fingerprint density at radius 1 is 1.13 bits per heavy atom. The molecular formula is C12H18N2O. The molecule has 3 N–H and O–H groups in total. The molecule has 0 bridgehead atoms. The molecule has 2 amide bonds. The lowest BCUT2D eigenvalue weighted by Crippen LogP contribution is -2.29. The number of hydrogen-bond donors (Lipinski definition) is 2. The highest BCUT2D eigenvalue weighted by molar-refractivity contribution is 5.71. The Hall–Kier alpha value is -1.51. The molecule has 0 aliphatic heterocycles. The van der Waals surface area contributed by atoms with Crippen LogP contribution in [0.4, 0.5) is 4.79 Å². The second-order valence-electron chi connectivity index (χ2n) is 3.59. The summed E-state index contributed by atoms with van der Waals surface area (Å²) in [6.45, 7) is 0.685. The molecule has 0 fully saturated rings. The second kappa shape index (κ2) is 6.87. The quantitative estimate of drug-likeness (QED) is 0.688. The van der Waals surface area contributed by atoms with Crippen LogP contribution >= 0.6 is 0 Å². The van der Waals surface area contributed by atoms with E-state index in [9.17, 15) is 4.79 Å². The van der Waals surface area contributed by atoms with Gasteiger partial charge in [0.15, 0.2) is 0 Å². The number of hydrogen-bond acceptors (Lipinski definition) is 1. The number of amides is 2. The molecule has 1 aromatic rings. The Bertz CT molecular complexity index is 285. The first kappa shape index (κ1) is 11.6. The van der Waals surface area contributed by atoms with Crippen LogP contribution in [0.5, 0.6) is 0 Å². The van der Waals surface area contributed by atoms with Gasteiger partial charge < -0.3 is 11.1 Å². The molecular weight excluding hydrogens is 188 g/mol. The minimum Gasteiger partial charge on any atom is -0.352 e. The third-order valence-corrected chi connectivity index (χ3v) is 2.28. The fraction of sp³-hybridized carbons (Fsp3) is 0.417. The van der Waals surface area contributed by atoms with Crippen LogP contribution in [0.1, 0.15) is 24.8 Å². The van der Waals surface area contributed by atoms with Crippen LogP contribution in [0.15, 0.2) is 30.3 Å². The minimum atomic E-state index is -0.432. The van der Waals surface area contributed by atoms with Crippen molar-refractivity contribution in [2.24, 2.45) is 5.73 Å². The molecule has 15 heavy (non-hydrogen) atoms. The predicted octanol–water partition coefficient (Wildman–Crippen LogP) is 2.07. The van der Waals surface area contributed by atoms with Crippen molar-refractivity contribution >= 4 is 6.03 Å². The third-order valence-electron chi connectivity index (χ3n) is 2.28. The molecule has 0 saturated carbocycles. The molecule has 3 heteroatoms. The highest BCUT2D eigenvalue weighted by Crippen LogP contribution is 2.05. The largest absolute Gasteiger partial charge is 0.352 e. The maximum Gasteiger partial charge on any atom is 0.312 e. The van der Waals surface area contributed by atoms with Crippen molar-refractivity contribution in [1.82, 2.24) is 5.32 Å². The fourth-order valence-electron chi connectivity index (χ4n) is 1.49. The molecule has 82 valence electrons. The summed E-state index contributed by atoms with van der Waals surface area (Å²) in [6, 6.07) is 10.00. The van der Waals surface area contributed by atoms with Crippen molar-refractivity contribution in [3.8, 4) is 0 Å². The molecule has 1 aromatic carbocycles. The topological polar surface area (TPSA) is 55.1 Å². The number of carbonyl (C=O) groups is 1. The van der Waals surface area contributed by atoms with E-state index < -0.39 is 6.03 Å². The van der Waals surface area contributed by atoms with Gasteiger partial charge in [-0.2, -0.15) is 0 Å². The average molecular weight is 206 g/mol. The van der Waals surface area contributed by atoms with E-state index >= 15 is 0 Å². The van der Waals surface area contributed by atoms with Gasteiger partial charge in [0.1, 0.15) is 0 Å². The van der Waals surface area contributed by atoms with E-state index in [4.69, 9.17) is 5.73 Å². The average Bonchev–Trinajstić information content (AvgIpc) is 2.24. The van der Waals surface area contributed by atoms with Crippen molar-refractivity contribution in [2.75, 3.05) is 6.54 Å². The standard InChI is InChI=1S/C12H18N2O/c13-12(15)14-10-6-2-5-9-11-7-3-1-4-8-11/h1,3-4,7-8H,2,5-6,9-10H2,(H3,13,14,15). The van der Waals surface area contributed by atoms with Crippen LogP contribution < -0.4 is 11.1 Å². The van der Waals surface area contributed by atoms with Gasteiger partial charge in [-0.3, -0.25) is 0 Å². The van der Waals surface area contributed by atoms with E-state index in [0.717, 1.165) is 25.7 Å². The molecule has 0 aromatic heterocycles. The molecule has 0 atom stereocenters. The van der Waals surface area contributed by atoms with Crippen molar-refractivity contribution in [3.63, 3.8) is 0 Å². The van der Waals surface area contributed by atoms with Gasteiger partial charge in [-0.1, -0.05) is 36.8 Å². The van der Waals surface area contributed by atoms with Gasteiger partial charge >= 0.3 is 6.03 Å². The number of nitrogens with two attached hydrogens (primary N) is 1. The lowest BCUT2D eigenvalue weighted by Gasteiger charge is -2.02. The first-order valence-corrected chi connectivity index (χ1v) is 5.36. The van der Waals surface area contributed by atoms with Gasteiger partial charge in [0.2, 0.25) is 0 Å². The highest BCUT2D eigenvalue weighted by Gasteiger charge is 1.93. The van der Waals surface area contributed by atoms with Crippen molar-refractivity contribution in [3.05, 3.63) is 35.9 Å². The summed E-state index contributed by atoms with van der Waals surface area (Å²) in [5.41, 5.74) is 6.32. The maximum absolute atomic E-state index is 10.4. The van der Waals surface area contributed by atoms with Crippen LogP contribution in [0.25, 0.3) is 0 Å². The Morgan fingerprint density at radius 3 is 2.53 bits per heavy atom. The van der Waals surface area contributed by atoms with E-state index in [2.05, 4.69) is 29.6 Å². The Morgan fingerprint density at radius 2 is 1.87 bits per heavy atom. The third kappa shape index (κ3) is 5.73. The molecule has 3 nitrogen and oxygen atoms in total. The van der Waals surface area contributed by atoms with E-state index in [0.29, 0.717) is 6.54 Å². The number of carbonyl (C=O) groups excluding carboxylic acids is 1. The lowest BCUT2D eigenvalue weighted by atomic mass is 10.1. The number of primary amides is 1. The molecule has 0 spiro atoms. The van der Waals surface area contributed by atoms with Gasteiger partial charge in [-0.15, -0.1) is 0 Å². The molecule has 0 unspecified atom stereocenters. The van der Waals surface area contributed by atoms with Crippen LogP contribution in [-0.4, -0.2) is 12.6 Å². The Labute approximate surface area is 90.7 Å². The first-order chi connectivity index (χ1) is 7.29.